The van der Waals surface area contributed by atoms with E-state index in [1.165, 1.54) is 0 Å². The molecule has 0 spiro atoms. The van der Waals surface area contributed by atoms with Gasteiger partial charge in [0, 0.05) is 43.4 Å². The van der Waals surface area contributed by atoms with Crippen LogP contribution in [0.5, 0.6) is 0 Å². The molecule has 1 aromatic carbocycles. The molecule has 5 nitrogen and oxygen atoms in total. The predicted molar refractivity (Wildman–Crippen MR) is 113 cm³/mol. The van der Waals surface area contributed by atoms with E-state index in [1.807, 2.05) is 58.4 Å². The van der Waals surface area contributed by atoms with E-state index in [1.54, 1.807) is 4.90 Å². The lowest BCUT2D eigenvalue weighted by Gasteiger charge is -2.19. The van der Waals surface area contributed by atoms with E-state index in [2.05, 4.69) is 23.8 Å². The number of pyridine rings is 1. The lowest BCUT2D eigenvalue weighted by Crippen LogP contribution is -2.27. The van der Waals surface area contributed by atoms with Crippen LogP contribution in [0.3, 0.4) is 0 Å². The monoisotopic (exact) mass is 376 g/mol. The van der Waals surface area contributed by atoms with Crippen molar-refractivity contribution in [2.45, 2.75) is 41.0 Å². The first-order valence-corrected chi connectivity index (χ1v) is 9.79. The van der Waals surface area contributed by atoms with Crippen molar-refractivity contribution in [1.29, 1.82) is 0 Å². The maximum Gasteiger partial charge on any atom is 0.254 e. The van der Waals surface area contributed by atoms with Gasteiger partial charge < -0.3 is 4.90 Å². The van der Waals surface area contributed by atoms with Gasteiger partial charge in [-0.05, 0) is 44.4 Å². The first-order chi connectivity index (χ1) is 13.3. The van der Waals surface area contributed by atoms with Crippen LogP contribution in [0.25, 0.3) is 22.2 Å². The number of benzene rings is 1. The first kappa shape index (κ1) is 19.9. The van der Waals surface area contributed by atoms with Crippen LogP contribution in [0.15, 0.2) is 30.6 Å². The van der Waals surface area contributed by atoms with E-state index in [0.29, 0.717) is 18.0 Å². The molecule has 3 aromatic rings. The van der Waals surface area contributed by atoms with Crippen molar-refractivity contribution in [2.24, 2.45) is 5.92 Å². The summed E-state index contributed by atoms with van der Waals surface area (Å²) in [5, 5.41) is 0.892. The standard InChI is InChI=1S/C23H28N4O/c1-7-27(6)23(28)21-16(5)22(26-19-9-8-15(4)11-18(19)21)17-12-24-20(25-13-17)10-14(2)3/h8-9,11-14H,7,10H2,1-6H3. The van der Waals surface area contributed by atoms with Crippen molar-refractivity contribution < 1.29 is 4.79 Å². The van der Waals surface area contributed by atoms with Gasteiger partial charge in [0.2, 0.25) is 0 Å². The Hall–Kier alpha value is -2.82. The second kappa shape index (κ2) is 8.05. The van der Waals surface area contributed by atoms with E-state index >= 15 is 0 Å². The summed E-state index contributed by atoms with van der Waals surface area (Å²) in [5.41, 5.74) is 5.09. The Labute approximate surface area is 166 Å². The number of amides is 1. The molecule has 0 fully saturated rings. The quantitative estimate of drug-likeness (QED) is 0.653. The molecule has 5 heteroatoms. The second-order valence-electron chi connectivity index (χ2n) is 7.79. The molecule has 2 aromatic heterocycles. The van der Waals surface area contributed by atoms with Gasteiger partial charge in [-0.25, -0.2) is 15.0 Å². The Morgan fingerprint density at radius 3 is 2.43 bits per heavy atom. The van der Waals surface area contributed by atoms with Gasteiger partial charge in [0.15, 0.2) is 0 Å². The molecule has 0 atom stereocenters. The fourth-order valence-corrected chi connectivity index (χ4v) is 3.31. The maximum atomic E-state index is 13.1. The summed E-state index contributed by atoms with van der Waals surface area (Å²) < 4.78 is 0. The first-order valence-electron chi connectivity index (χ1n) is 9.79. The summed E-state index contributed by atoms with van der Waals surface area (Å²) in [4.78, 5) is 28.8. The van der Waals surface area contributed by atoms with Crippen LogP contribution in [-0.2, 0) is 6.42 Å². The van der Waals surface area contributed by atoms with Crippen LogP contribution in [0.4, 0.5) is 0 Å². The fraction of sp³-hybridized carbons (Fsp3) is 0.391. The SMILES string of the molecule is CCN(C)C(=O)c1c(C)c(-c2cnc(CC(C)C)nc2)nc2ccc(C)cc12. The minimum Gasteiger partial charge on any atom is -0.342 e. The second-order valence-corrected chi connectivity index (χ2v) is 7.79. The number of carbonyl (C=O) groups excluding carboxylic acids is 1. The van der Waals surface area contributed by atoms with Crippen molar-refractivity contribution in [3.63, 3.8) is 0 Å². The van der Waals surface area contributed by atoms with E-state index in [-0.39, 0.29) is 5.91 Å². The molecule has 0 aliphatic heterocycles. The van der Waals surface area contributed by atoms with Crippen molar-refractivity contribution in [3.05, 3.63) is 53.1 Å². The van der Waals surface area contributed by atoms with Crippen molar-refractivity contribution in [3.8, 4) is 11.3 Å². The summed E-state index contributed by atoms with van der Waals surface area (Å²) in [6.07, 6.45) is 4.48. The summed E-state index contributed by atoms with van der Waals surface area (Å²) in [7, 11) is 1.83. The Morgan fingerprint density at radius 2 is 1.82 bits per heavy atom. The zero-order valence-electron chi connectivity index (χ0n) is 17.6. The highest BCUT2D eigenvalue weighted by Gasteiger charge is 2.21. The molecule has 146 valence electrons. The summed E-state index contributed by atoms with van der Waals surface area (Å²) in [6, 6.07) is 6.04. The van der Waals surface area contributed by atoms with Crippen LogP contribution in [0.1, 0.15) is 48.1 Å². The number of nitrogens with zero attached hydrogens (tertiary/aromatic N) is 4. The Kier molecular flexibility index (Phi) is 5.73. The van der Waals surface area contributed by atoms with E-state index in [4.69, 9.17) is 4.98 Å². The number of hydrogen-bond acceptors (Lipinski definition) is 4. The molecule has 2 heterocycles. The molecule has 0 saturated heterocycles. The van der Waals surface area contributed by atoms with Crippen LogP contribution in [0.2, 0.25) is 0 Å². The Bertz CT molecular complexity index is 1010. The summed E-state index contributed by atoms with van der Waals surface area (Å²) in [5.74, 6) is 1.34. The topological polar surface area (TPSA) is 59.0 Å². The Balaban J connectivity index is 2.20. The number of hydrogen-bond donors (Lipinski definition) is 0. The molecule has 28 heavy (non-hydrogen) atoms. The van der Waals surface area contributed by atoms with Crippen LogP contribution in [-0.4, -0.2) is 39.4 Å². The van der Waals surface area contributed by atoms with Crippen molar-refractivity contribution in [1.82, 2.24) is 19.9 Å². The molecular weight excluding hydrogens is 348 g/mol. The molecule has 1 amide bonds. The average molecular weight is 377 g/mol. The van der Waals surface area contributed by atoms with Crippen LogP contribution in [0, 0.1) is 19.8 Å². The third-order valence-electron chi connectivity index (χ3n) is 4.99. The molecular formula is C23H28N4O. The zero-order valence-corrected chi connectivity index (χ0v) is 17.6. The van der Waals surface area contributed by atoms with Gasteiger partial charge in [0.1, 0.15) is 5.82 Å². The van der Waals surface area contributed by atoms with Gasteiger partial charge in [0.05, 0.1) is 16.8 Å². The molecule has 0 bridgehead atoms. The average Bonchev–Trinajstić information content (AvgIpc) is 2.67. The molecule has 0 N–H and O–H groups in total. The van der Waals surface area contributed by atoms with Gasteiger partial charge in [-0.3, -0.25) is 4.79 Å². The third kappa shape index (κ3) is 3.88. The molecule has 0 aliphatic carbocycles. The molecule has 0 radical (unpaired) electrons. The van der Waals surface area contributed by atoms with Gasteiger partial charge in [0.25, 0.3) is 5.91 Å². The van der Waals surface area contributed by atoms with Crippen LogP contribution >= 0.6 is 0 Å². The lowest BCUT2D eigenvalue weighted by atomic mass is 9.97. The normalized spacial score (nSPS) is 11.2. The zero-order chi connectivity index (χ0) is 20.4. The smallest absolute Gasteiger partial charge is 0.254 e. The highest BCUT2D eigenvalue weighted by atomic mass is 16.2. The highest BCUT2D eigenvalue weighted by molar-refractivity contribution is 6.08. The number of aromatic nitrogens is 3. The number of carbonyl (C=O) groups is 1. The van der Waals surface area contributed by atoms with Gasteiger partial charge >= 0.3 is 0 Å². The van der Waals surface area contributed by atoms with Gasteiger partial charge in [-0.1, -0.05) is 25.5 Å². The largest absolute Gasteiger partial charge is 0.342 e. The third-order valence-corrected chi connectivity index (χ3v) is 4.99. The molecule has 3 rings (SSSR count). The number of fused-ring (bicyclic) bond motifs is 1. The number of rotatable bonds is 5. The van der Waals surface area contributed by atoms with Gasteiger partial charge in [-0.15, -0.1) is 0 Å². The maximum absolute atomic E-state index is 13.1. The van der Waals surface area contributed by atoms with Crippen molar-refractivity contribution in [2.75, 3.05) is 13.6 Å². The highest BCUT2D eigenvalue weighted by Crippen LogP contribution is 2.30. The minimum absolute atomic E-state index is 0.0107. The van der Waals surface area contributed by atoms with E-state index in [9.17, 15) is 4.79 Å². The van der Waals surface area contributed by atoms with Crippen LogP contribution < -0.4 is 0 Å². The lowest BCUT2D eigenvalue weighted by molar-refractivity contribution is 0.0803. The molecule has 0 unspecified atom stereocenters. The fourth-order valence-electron chi connectivity index (χ4n) is 3.31. The Morgan fingerprint density at radius 1 is 1.14 bits per heavy atom. The summed E-state index contributed by atoms with van der Waals surface area (Å²) in [6.45, 7) is 10.9. The summed E-state index contributed by atoms with van der Waals surface area (Å²) >= 11 is 0. The molecule has 0 saturated carbocycles. The number of aryl methyl sites for hydroxylation is 1. The molecule has 0 aliphatic rings. The van der Waals surface area contributed by atoms with E-state index in [0.717, 1.165) is 45.5 Å². The van der Waals surface area contributed by atoms with Crippen molar-refractivity contribution >= 4 is 16.8 Å². The predicted octanol–water partition coefficient (Wildman–Crippen LogP) is 4.60. The van der Waals surface area contributed by atoms with Gasteiger partial charge in [-0.2, -0.15) is 0 Å². The van der Waals surface area contributed by atoms with E-state index < -0.39 is 0 Å². The minimum atomic E-state index is 0.0107.